The van der Waals surface area contributed by atoms with Crippen molar-refractivity contribution in [3.05, 3.63) is 34.6 Å². The number of nitrogens with one attached hydrogen (secondary N) is 2. The number of benzene rings is 1. The molecule has 1 aromatic carbocycles. The predicted molar refractivity (Wildman–Crippen MR) is 84.4 cm³/mol. The topological polar surface area (TPSA) is 50.4 Å². The molecule has 1 fully saturated rings. The molecule has 2 N–H and O–H groups in total. The maximum Gasteiger partial charge on any atom is 0.236 e. The van der Waals surface area contributed by atoms with E-state index in [1.807, 2.05) is 6.92 Å². The van der Waals surface area contributed by atoms with Crippen LogP contribution >= 0.6 is 11.6 Å². The predicted octanol–water partition coefficient (Wildman–Crippen LogP) is 2.81. The highest BCUT2D eigenvalue weighted by Gasteiger charge is 2.20. The first-order chi connectivity index (χ1) is 10.5. The van der Waals surface area contributed by atoms with Crippen molar-refractivity contribution in [2.45, 2.75) is 44.9 Å². The highest BCUT2D eigenvalue weighted by Crippen LogP contribution is 2.21. The Balaban J connectivity index is 1.82. The molecule has 0 saturated carbocycles. The smallest absolute Gasteiger partial charge is 0.236 e. The van der Waals surface area contributed by atoms with Crippen molar-refractivity contribution < 1.29 is 13.9 Å². The van der Waals surface area contributed by atoms with Crippen LogP contribution in [0.5, 0.6) is 0 Å². The van der Waals surface area contributed by atoms with E-state index in [2.05, 4.69) is 10.6 Å². The first kappa shape index (κ1) is 17.2. The number of hydrogen-bond acceptors (Lipinski definition) is 3. The van der Waals surface area contributed by atoms with Gasteiger partial charge in [-0.05, 0) is 44.4 Å². The molecule has 0 bridgehead atoms. The van der Waals surface area contributed by atoms with Crippen LogP contribution in [0.4, 0.5) is 4.39 Å². The lowest BCUT2D eigenvalue weighted by molar-refractivity contribution is -0.123. The van der Waals surface area contributed by atoms with Crippen LogP contribution in [0.3, 0.4) is 0 Å². The summed E-state index contributed by atoms with van der Waals surface area (Å²) in [5, 5.41) is 6.16. The summed E-state index contributed by atoms with van der Waals surface area (Å²) >= 11 is 5.78. The van der Waals surface area contributed by atoms with Crippen LogP contribution in [0.15, 0.2) is 18.2 Å². The van der Waals surface area contributed by atoms with E-state index >= 15 is 0 Å². The lowest BCUT2D eigenvalue weighted by atomic mass is 10.1. The van der Waals surface area contributed by atoms with Gasteiger partial charge in [0.05, 0.1) is 17.2 Å². The number of rotatable bonds is 6. The second-order valence-corrected chi connectivity index (χ2v) is 6.07. The Labute approximate surface area is 135 Å². The van der Waals surface area contributed by atoms with Crippen molar-refractivity contribution in [3.63, 3.8) is 0 Å². The minimum Gasteiger partial charge on any atom is -0.376 e. The zero-order valence-electron chi connectivity index (χ0n) is 12.9. The molecule has 1 heterocycles. The molecule has 0 aromatic heterocycles. The van der Waals surface area contributed by atoms with Crippen LogP contribution in [0.2, 0.25) is 5.02 Å². The Morgan fingerprint density at radius 3 is 2.91 bits per heavy atom. The fraction of sp³-hybridized carbons (Fsp3) is 0.562. The van der Waals surface area contributed by atoms with E-state index in [4.69, 9.17) is 16.3 Å². The highest BCUT2D eigenvalue weighted by molar-refractivity contribution is 6.30. The molecule has 1 saturated heterocycles. The lowest BCUT2D eigenvalue weighted by Crippen LogP contribution is -2.45. The van der Waals surface area contributed by atoms with Gasteiger partial charge >= 0.3 is 0 Å². The standard InChI is InChI=1S/C16H22ClFN2O2/c1-10(12-5-6-15(18)14(17)8-12)20-11(2)16(21)19-9-13-4-3-7-22-13/h5-6,8,10-11,13,20H,3-4,7,9H2,1-2H3,(H,19,21)/t10-,11+,13-/m1/s1. The molecule has 0 radical (unpaired) electrons. The van der Waals surface area contributed by atoms with Gasteiger partial charge in [-0.2, -0.15) is 0 Å². The number of amides is 1. The number of halogens is 2. The van der Waals surface area contributed by atoms with Gasteiger partial charge in [0.25, 0.3) is 0 Å². The maximum atomic E-state index is 13.2. The molecule has 4 nitrogen and oxygen atoms in total. The molecule has 6 heteroatoms. The monoisotopic (exact) mass is 328 g/mol. The second kappa shape index (κ2) is 7.90. The summed E-state index contributed by atoms with van der Waals surface area (Å²) in [6.07, 6.45) is 2.17. The van der Waals surface area contributed by atoms with Gasteiger partial charge in [-0.15, -0.1) is 0 Å². The molecule has 3 atom stereocenters. The average molecular weight is 329 g/mol. The van der Waals surface area contributed by atoms with Crippen molar-refractivity contribution >= 4 is 17.5 Å². The van der Waals surface area contributed by atoms with Gasteiger partial charge in [0.2, 0.25) is 5.91 Å². The van der Waals surface area contributed by atoms with Crippen molar-refractivity contribution in [1.29, 1.82) is 0 Å². The van der Waals surface area contributed by atoms with Crippen LogP contribution in [-0.2, 0) is 9.53 Å². The lowest BCUT2D eigenvalue weighted by Gasteiger charge is -2.21. The molecule has 122 valence electrons. The Morgan fingerprint density at radius 2 is 2.27 bits per heavy atom. The average Bonchev–Trinajstić information content (AvgIpc) is 3.00. The van der Waals surface area contributed by atoms with E-state index in [9.17, 15) is 9.18 Å². The molecule has 2 rings (SSSR count). The van der Waals surface area contributed by atoms with Gasteiger partial charge in [0.1, 0.15) is 5.82 Å². The van der Waals surface area contributed by atoms with Gasteiger partial charge in [-0.25, -0.2) is 4.39 Å². The van der Waals surface area contributed by atoms with E-state index in [0.717, 1.165) is 25.0 Å². The van der Waals surface area contributed by atoms with Gasteiger partial charge in [0.15, 0.2) is 0 Å². The first-order valence-corrected chi connectivity index (χ1v) is 7.95. The summed E-state index contributed by atoms with van der Waals surface area (Å²) in [4.78, 5) is 12.1. The Morgan fingerprint density at radius 1 is 1.50 bits per heavy atom. The number of hydrogen-bond donors (Lipinski definition) is 2. The molecular formula is C16H22ClFN2O2. The van der Waals surface area contributed by atoms with Crippen LogP contribution in [0, 0.1) is 5.82 Å². The molecule has 1 aromatic rings. The Bertz CT molecular complexity index is 521. The molecule has 0 spiro atoms. The van der Waals surface area contributed by atoms with Gasteiger partial charge < -0.3 is 10.1 Å². The van der Waals surface area contributed by atoms with E-state index < -0.39 is 5.82 Å². The number of carbonyl (C=O) groups is 1. The maximum absolute atomic E-state index is 13.2. The fourth-order valence-corrected chi connectivity index (χ4v) is 2.69. The van der Waals surface area contributed by atoms with Crippen LogP contribution in [-0.4, -0.2) is 31.2 Å². The van der Waals surface area contributed by atoms with Crippen molar-refractivity contribution in [1.82, 2.24) is 10.6 Å². The largest absolute Gasteiger partial charge is 0.376 e. The summed E-state index contributed by atoms with van der Waals surface area (Å²) in [5.41, 5.74) is 0.838. The van der Waals surface area contributed by atoms with Crippen LogP contribution in [0.25, 0.3) is 0 Å². The summed E-state index contributed by atoms with van der Waals surface area (Å²) in [7, 11) is 0. The van der Waals surface area contributed by atoms with E-state index in [1.165, 1.54) is 6.07 Å². The third kappa shape index (κ3) is 4.66. The van der Waals surface area contributed by atoms with Crippen molar-refractivity contribution in [2.24, 2.45) is 0 Å². The zero-order valence-corrected chi connectivity index (χ0v) is 13.6. The second-order valence-electron chi connectivity index (χ2n) is 5.66. The minimum atomic E-state index is -0.444. The molecule has 0 unspecified atom stereocenters. The van der Waals surface area contributed by atoms with Crippen LogP contribution in [0.1, 0.15) is 38.3 Å². The number of carbonyl (C=O) groups excluding carboxylic acids is 1. The quantitative estimate of drug-likeness (QED) is 0.844. The zero-order chi connectivity index (χ0) is 16.1. The van der Waals surface area contributed by atoms with E-state index in [-0.39, 0.29) is 29.1 Å². The van der Waals surface area contributed by atoms with E-state index in [1.54, 1.807) is 19.1 Å². The summed E-state index contributed by atoms with van der Waals surface area (Å²) in [6.45, 7) is 5.03. The van der Waals surface area contributed by atoms with Gasteiger partial charge in [-0.1, -0.05) is 17.7 Å². The van der Waals surface area contributed by atoms with Gasteiger partial charge in [0, 0.05) is 19.2 Å². The number of ether oxygens (including phenoxy) is 1. The molecule has 1 amide bonds. The molecule has 1 aliphatic heterocycles. The third-order valence-electron chi connectivity index (χ3n) is 3.86. The van der Waals surface area contributed by atoms with Crippen molar-refractivity contribution in [3.8, 4) is 0 Å². The molecular weight excluding hydrogens is 307 g/mol. The van der Waals surface area contributed by atoms with E-state index in [0.29, 0.717) is 6.54 Å². The first-order valence-electron chi connectivity index (χ1n) is 7.57. The third-order valence-corrected chi connectivity index (χ3v) is 4.15. The highest BCUT2D eigenvalue weighted by atomic mass is 35.5. The summed E-state index contributed by atoms with van der Waals surface area (Å²) in [5.74, 6) is -0.518. The SMILES string of the molecule is C[C@H](N[C@H](C)c1ccc(F)c(Cl)c1)C(=O)NC[C@H]1CCCO1. The molecule has 0 aliphatic carbocycles. The Hall–Kier alpha value is -1.17. The minimum absolute atomic E-state index is 0.0736. The van der Waals surface area contributed by atoms with Crippen molar-refractivity contribution in [2.75, 3.05) is 13.2 Å². The summed E-state index contributed by atoms with van der Waals surface area (Å²) in [6, 6.07) is 4.10. The molecule has 1 aliphatic rings. The normalized spacial score (nSPS) is 20.6. The molecule has 22 heavy (non-hydrogen) atoms. The fourth-order valence-electron chi connectivity index (χ4n) is 2.50. The van der Waals surface area contributed by atoms with Gasteiger partial charge in [-0.3, -0.25) is 10.1 Å². The van der Waals surface area contributed by atoms with Crippen LogP contribution < -0.4 is 10.6 Å². The summed E-state index contributed by atoms with van der Waals surface area (Å²) < 4.78 is 18.6. The Kier molecular flexibility index (Phi) is 6.17.